The lowest BCUT2D eigenvalue weighted by Gasteiger charge is -2.25. The second-order valence-corrected chi connectivity index (χ2v) is 7.74. The zero-order valence-corrected chi connectivity index (χ0v) is 16.3. The molecule has 0 amide bonds. The third-order valence-electron chi connectivity index (χ3n) is 5.35. The molecule has 0 spiro atoms. The van der Waals surface area contributed by atoms with E-state index >= 15 is 0 Å². The summed E-state index contributed by atoms with van der Waals surface area (Å²) in [6.45, 7) is 3.18. The second kappa shape index (κ2) is 8.07. The van der Waals surface area contributed by atoms with Gasteiger partial charge in [-0.05, 0) is 62.3 Å². The van der Waals surface area contributed by atoms with E-state index in [1.807, 2.05) is 23.3 Å². The van der Waals surface area contributed by atoms with Gasteiger partial charge >= 0.3 is 0 Å². The van der Waals surface area contributed by atoms with E-state index in [4.69, 9.17) is 0 Å². The molecule has 1 saturated heterocycles. The summed E-state index contributed by atoms with van der Waals surface area (Å²) in [4.78, 5) is 8.95. The van der Waals surface area contributed by atoms with Gasteiger partial charge in [-0.25, -0.2) is 4.98 Å². The monoisotopic (exact) mass is 360 g/mol. The average Bonchev–Trinajstić information content (AvgIpc) is 3.35. The van der Waals surface area contributed by atoms with Gasteiger partial charge in [0.2, 0.25) is 0 Å². The molecule has 4 nitrogen and oxygen atoms in total. The maximum absolute atomic E-state index is 4.12. The van der Waals surface area contributed by atoms with Crippen LogP contribution >= 0.6 is 0 Å². The van der Waals surface area contributed by atoms with Crippen molar-refractivity contribution in [2.45, 2.75) is 32.0 Å². The van der Waals surface area contributed by atoms with Crippen molar-refractivity contribution in [2.24, 2.45) is 0 Å². The average molecular weight is 361 g/mol. The molecule has 1 aliphatic rings. The fourth-order valence-electron chi connectivity index (χ4n) is 4.02. The number of rotatable bonds is 6. The maximum Gasteiger partial charge on any atom is 0.0991 e. The van der Waals surface area contributed by atoms with Crippen LogP contribution in [0.15, 0.2) is 67.3 Å². The SMILES string of the molecule is CN(C)Cc1ccc(C2CCCN2Cc2ccc(-n3ccnc3)cc2)cc1. The van der Waals surface area contributed by atoms with Crippen molar-refractivity contribution in [2.75, 3.05) is 20.6 Å². The summed E-state index contributed by atoms with van der Waals surface area (Å²) in [5.41, 5.74) is 5.36. The topological polar surface area (TPSA) is 24.3 Å². The molecule has 2 heterocycles. The minimum Gasteiger partial charge on any atom is -0.306 e. The summed E-state index contributed by atoms with van der Waals surface area (Å²) in [6.07, 6.45) is 8.15. The zero-order valence-electron chi connectivity index (χ0n) is 16.3. The Labute approximate surface area is 162 Å². The smallest absolute Gasteiger partial charge is 0.0991 e. The molecular formula is C23H28N4. The number of likely N-dealkylation sites (tertiary alicyclic amines) is 1. The molecule has 140 valence electrons. The number of nitrogens with zero attached hydrogens (tertiary/aromatic N) is 4. The standard InChI is InChI=1S/C23H28N4/c1-25(2)16-19-5-9-21(10-6-19)23-4-3-14-26(23)17-20-7-11-22(12-8-20)27-15-13-24-18-27/h5-13,15,18,23H,3-4,14,16-17H2,1-2H3. The minimum atomic E-state index is 0.534. The Balaban J connectivity index is 1.44. The molecule has 1 fully saturated rings. The largest absolute Gasteiger partial charge is 0.306 e. The molecular weight excluding hydrogens is 332 g/mol. The first-order chi connectivity index (χ1) is 13.2. The summed E-state index contributed by atoms with van der Waals surface area (Å²) in [7, 11) is 4.23. The summed E-state index contributed by atoms with van der Waals surface area (Å²) < 4.78 is 2.04. The van der Waals surface area contributed by atoms with Crippen LogP contribution in [0.4, 0.5) is 0 Å². The molecule has 4 rings (SSSR count). The van der Waals surface area contributed by atoms with Gasteiger partial charge in [-0.1, -0.05) is 36.4 Å². The van der Waals surface area contributed by atoms with Crippen LogP contribution in [0.1, 0.15) is 35.6 Å². The normalized spacial score (nSPS) is 17.7. The second-order valence-electron chi connectivity index (χ2n) is 7.74. The van der Waals surface area contributed by atoms with E-state index in [1.54, 1.807) is 0 Å². The van der Waals surface area contributed by atoms with E-state index < -0.39 is 0 Å². The highest BCUT2D eigenvalue weighted by Crippen LogP contribution is 2.33. The van der Waals surface area contributed by atoms with Crippen LogP contribution in [-0.4, -0.2) is 40.0 Å². The molecule has 1 aromatic heterocycles. The molecule has 0 radical (unpaired) electrons. The van der Waals surface area contributed by atoms with Gasteiger partial charge in [0.25, 0.3) is 0 Å². The highest BCUT2D eigenvalue weighted by molar-refractivity contribution is 5.35. The van der Waals surface area contributed by atoms with E-state index in [0.29, 0.717) is 6.04 Å². The fraction of sp³-hybridized carbons (Fsp3) is 0.348. The van der Waals surface area contributed by atoms with Gasteiger partial charge in [-0.2, -0.15) is 0 Å². The fourth-order valence-corrected chi connectivity index (χ4v) is 4.02. The Morgan fingerprint density at radius 1 is 1.00 bits per heavy atom. The molecule has 2 aromatic carbocycles. The van der Waals surface area contributed by atoms with Crippen molar-refractivity contribution < 1.29 is 0 Å². The predicted molar refractivity (Wildman–Crippen MR) is 110 cm³/mol. The van der Waals surface area contributed by atoms with E-state index in [2.05, 4.69) is 77.4 Å². The van der Waals surface area contributed by atoms with Crippen LogP contribution in [0.5, 0.6) is 0 Å². The Bertz CT molecular complexity index is 835. The molecule has 27 heavy (non-hydrogen) atoms. The van der Waals surface area contributed by atoms with Crippen LogP contribution in [0.25, 0.3) is 5.69 Å². The van der Waals surface area contributed by atoms with Crippen molar-refractivity contribution >= 4 is 0 Å². The van der Waals surface area contributed by atoms with Crippen molar-refractivity contribution in [3.05, 3.63) is 83.9 Å². The van der Waals surface area contributed by atoms with Crippen LogP contribution in [0.3, 0.4) is 0 Å². The van der Waals surface area contributed by atoms with Crippen LogP contribution in [-0.2, 0) is 13.1 Å². The van der Waals surface area contributed by atoms with Crippen LogP contribution in [0.2, 0.25) is 0 Å². The number of hydrogen-bond acceptors (Lipinski definition) is 3. The van der Waals surface area contributed by atoms with Gasteiger partial charge in [0.1, 0.15) is 0 Å². The summed E-state index contributed by atoms with van der Waals surface area (Å²) in [5.74, 6) is 0. The molecule has 0 saturated carbocycles. The zero-order chi connectivity index (χ0) is 18.6. The van der Waals surface area contributed by atoms with Crippen molar-refractivity contribution in [1.29, 1.82) is 0 Å². The van der Waals surface area contributed by atoms with E-state index in [1.165, 1.54) is 36.1 Å². The van der Waals surface area contributed by atoms with E-state index in [-0.39, 0.29) is 0 Å². The number of hydrogen-bond donors (Lipinski definition) is 0. The summed E-state index contributed by atoms with van der Waals surface area (Å²) in [5, 5.41) is 0. The van der Waals surface area contributed by atoms with E-state index in [0.717, 1.165) is 18.8 Å². The van der Waals surface area contributed by atoms with Gasteiger partial charge in [0, 0.05) is 37.2 Å². The molecule has 0 aliphatic carbocycles. The summed E-state index contributed by atoms with van der Waals surface area (Å²) in [6, 6.07) is 18.6. The minimum absolute atomic E-state index is 0.534. The number of imidazole rings is 1. The third kappa shape index (κ3) is 4.29. The Hall–Kier alpha value is -2.43. The predicted octanol–water partition coefficient (Wildman–Crippen LogP) is 4.27. The maximum atomic E-state index is 4.12. The number of aromatic nitrogens is 2. The Kier molecular flexibility index (Phi) is 5.37. The van der Waals surface area contributed by atoms with Crippen LogP contribution in [0, 0.1) is 0 Å². The van der Waals surface area contributed by atoms with Gasteiger partial charge in [-0.15, -0.1) is 0 Å². The lowest BCUT2D eigenvalue weighted by Crippen LogP contribution is -2.22. The van der Waals surface area contributed by atoms with Crippen molar-refractivity contribution in [1.82, 2.24) is 19.4 Å². The molecule has 3 aromatic rings. The lowest BCUT2D eigenvalue weighted by atomic mass is 10.0. The first kappa shape index (κ1) is 18.0. The van der Waals surface area contributed by atoms with E-state index in [9.17, 15) is 0 Å². The Morgan fingerprint density at radius 2 is 1.74 bits per heavy atom. The molecule has 1 aliphatic heterocycles. The first-order valence-electron chi connectivity index (χ1n) is 9.74. The summed E-state index contributed by atoms with van der Waals surface area (Å²) >= 11 is 0. The lowest BCUT2D eigenvalue weighted by molar-refractivity contribution is 0.248. The molecule has 1 atom stereocenters. The Morgan fingerprint density at radius 3 is 2.41 bits per heavy atom. The van der Waals surface area contributed by atoms with Gasteiger partial charge in [0.05, 0.1) is 6.33 Å². The first-order valence-corrected chi connectivity index (χ1v) is 9.74. The van der Waals surface area contributed by atoms with Gasteiger partial charge < -0.3 is 9.47 Å². The molecule has 0 N–H and O–H groups in total. The van der Waals surface area contributed by atoms with Crippen molar-refractivity contribution in [3.8, 4) is 5.69 Å². The molecule has 0 bridgehead atoms. The quantitative estimate of drug-likeness (QED) is 0.656. The van der Waals surface area contributed by atoms with Gasteiger partial charge in [-0.3, -0.25) is 4.90 Å². The van der Waals surface area contributed by atoms with Gasteiger partial charge in [0.15, 0.2) is 0 Å². The van der Waals surface area contributed by atoms with Crippen molar-refractivity contribution in [3.63, 3.8) is 0 Å². The number of benzene rings is 2. The molecule has 4 heteroatoms. The molecule has 1 unspecified atom stereocenters. The van der Waals surface area contributed by atoms with Crippen LogP contribution < -0.4 is 0 Å². The third-order valence-corrected chi connectivity index (χ3v) is 5.35. The highest BCUT2D eigenvalue weighted by Gasteiger charge is 2.25. The highest BCUT2D eigenvalue weighted by atomic mass is 15.2.